The molecule has 2 aromatic heterocycles. The van der Waals surface area contributed by atoms with Gasteiger partial charge < -0.3 is 20.1 Å². The Labute approximate surface area is 184 Å². The van der Waals surface area contributed by atoms with E-state index in [0.29, 0.717) is 6.54 Å². The molecule has 0 radical (unpaired) electrons. The largest absolute Gasteiger partial charge is 0.357 e. The lowest BCUT2D eigenvalue weighted by molar-refractivity contribution is 0.632. The second-order valence-corrected chi connectivity index (χ2v) is 6.63. The number of anilines is 1. The maximum atomic E-state index is 4.67. The topological polar surface area (TPSA) is 83.3 Å². The van der Waals surface area contributed by atoms with Crippen LogP contribution in [0.4, 0.5) is 5.82 Å². The van der Waals surface area contributed by atoms with Crippen LogP contribution < -0.4 is 15.5 Å². The molecular weight excluding hydrogens is 467 g/mol. The summed E-state index contributed by atoms with van der Waals surface area (Å²) in [6.07, 6.45) is 7.12. The Morgan fingerprint density at radius 3 is 2.68 bits per heavy atom. The first-order valence-corrected chi connectivity index (χ1v) is 9.89. The number of hydrogen-bond donors (Lipinski definition) is 2. The van der Waals surface area contributed by atoms with Crippen molar-refractivity contribution in [3.05, 3.63) is 36.0 Å². The van der Waals surface area contributed by atoms with Crippen molar-refractivity contribution in [3.8, 4) is 0 Å². The van der Waals surface area contributed by atoms with Crippen LogP contribution in [0.2, 0.25) is 0 Å². The zero-order chi connectivity index (χ0) is 18.9. The summed E-state index contributed by atoms with van der Waals surface area (Å²) in [5, 5.41) is 14.7. The van der Waals surface area contributed by atoms with Crippen LogP contribution in [0.25, 0.3) is 0 Å². The van der Waals surface area contributed by atoms with E-state index < -0.39 is 0 Å². The van der Waals surface area contributed by atoms with E-state index in [1.54, 1.807) is 6.33 Å². The third-order valence-electron chi connectivity index (χ3n) is 4.66. The van der Waals surface area contributed by atoms with Crippen molar-refractivity contribution in [3.63, 3.8) is 0 Å². The highest BCUT2D eigenvalue weighted by molar-refractivity contribution is 14.0. The van der Waals surface area contributed by atoms with Gasteiger partial charge in [-0.2, -0.15) is 0 Å². The summed E-state index contributed by atoms with van der Waals surface area (Å²) in [6, 6.07) is 4.23. The molecule has 0 spiro atoms. The Kier molecular flexibility index (Phi) is 9.45. The molecule has 0 atom stereocenters. The van der Waals surface area contributed by atoms with E-state index in [-0.39, 0.29) is 24.0 Å². The number of pyridine rings is 1. The molecule has 0 amide bonds. The van der Waals surface area contributed by atoms with Crippen LogP contribution in [0, 0.1) is 0 Å². The molecule has 3 rings (SSSR count). The Morgan fingerprint density at radius 1 is 1.18 bits per heavy atom. The highest BCUT2D eigenvalue weighted by atomic mass is 127. The molecule has 0 unspecified atom stereocenters. The molecular formula is C19H31IN8. The molecule has 28 heavy (non-hydrogen) atoms. The Bertz CT molecular complexity index is 722. The van der Waals surface area contributed by atoms with E-state index in [1.165, 1.54) is 12.8 Å². The summed E-state index contributed by atoms with van der Waals surface area (Å²) >= 11 is 0. The fourth-order valence-electron chi connectivity index (χ4n) is 3.19. The molecule has 3 heterocycles. The highest BCUT2D eigenvalue weighted by Crippen LogP contribution is 2.17. The Hall–Kier alpha value is -1.91. The standard InChI is InChI=1S/C19H30N8.HI/c1-3-17-25-24-15-27(17)12-9-21-19(20-4-2)23-14-16-7-8-18(22-13-16)26-10-5-6-11-26;/h7-8,13,15H,3-6,9-12,14H2,1-2H3,(H2,20,21,23);1H. The molecule has 2 aromatic rings. The van der Waals surface area contributed by atoms with Gasteiger partial charge in [-0.25, -0.2) is 9.98 Å². The molecule has 1 fully saturated rings. The van der Waals surface area contributed by atoms with Crippen molar-refractivity contribution in [1.29, 1.82) is 0 Å². The fourth-order valence-corrected chi connectivity index (χ4v) is 3.19. The van der Waals surface area contributed by atoms with E-state index >= 15 is 0 Å². The van der Waals surface area contributed by atoms with Crippen LogP contribution in [0.15, 0.2) is 29.6 Å². The second kappa shape index (κ2) is 11.8. The number of aryl methyl sites for hydroxylation is 1. The van der Waals surface area contributed by atoms with Gasteiger partial charge in [0.15, 0.2) is 5.96 Å². The minimum atomic E-state index is 0. The van der Waals surface area contributed by atoms with Crippen molar-refractivity contribution in [2.24, 2.45) is 4.99 Å². The van der Waals surface area contributed by atoms with Crippen molar-refractivity contribution in [2.75, 3.05) is 31.1 Å². The first-order valence-electron chi connectivity index (χ1n) is 9.89. The molecule has 0 bridgehead atoms. The van der Waals surface area contributed by atoms with Gasteiger partial charge in [0.2, 0.25) is 0 Å². The average molecular weight is 498 g/mol. The Balaban J connectivity index is 0.00000280. The van der Waals surface area contributed by atoms with Gasteiger partial charge in [-0.15, -0.1) is 34.2 Å². The van der Waals surface area contributed by atoms with Crippen LogP contribution in [-0.2, 0) is 19.5 Å². The van der Waals surface area contributed by atoms with Gasteiger partial charge in [-0.1, -0.05) is 13.0 Å². The summed E-state index contributed by atoms with van der Waals surface area (Å²) in [5.41, 5.74) is 1.11. The smallest absolute Gasteiger partial charge is 0.191 e. The number of rotatable bonds is 8. The number of hydrogen-bond acceptors (Lipinski definition) is 5. The minimum absolute atomic E-state index is 0. The molecule has 8 nitrogen and oxygen atoms in total. The number of guanidine groups is 1. The molecule has 1 aliphatic heterocycles. The number of halogens is 1. The van der Waals surface area contributed by atoms with Crippen LogP contribution in [0.5, 0.6) is 0 Å². The van der Waals surface area contributed by atoms with Gasteiger partial charge in [0.25, 0.3) is 0 Å². The van der Waals surface area contributed by atoms with Crippen LogP contribution >= 0.6 is 24.0 Å². The average Bonchev–Trinajstić information content (AvgIpc) is 3.38. The van der Waals surface area contributed by atoms with E-state index in [2.05, 4.69) is 66.3 Å². The summed E-state index contributed by atoms with van der Waals surface area (Å²) in [6.45, 7) is 9.40. The number of nitrogens with zero attached hydrogens (tertiary/aromatic N) is 6. The SMILES string of the molecule is CCNC(=NCc1ccc(N2CCCC2)nc1)NCCn1cnnc1CC.I. The van der Waals surface area contributed by atoms with Gasteiger partial charge >= 0.3 is 0 Å². The predicted octanol–water partition coefficient (Wildman–Crippen LogP) is 2.21. The zero-order valence-corrected chi connectivity index (χ0v) is 19.1. The van der Waals surface area contributed by atoms with Crippen LogP contribution in [-0.4, -0.2) is 51.9 Å². The summed E-state index contributed by atoms with van der Waals surface area (Å²) in [7, 11) is 0. The second-order valence-electron chi connectivity index (χ2n) is 6.63. The summed E-state index contributed by atoms with van der Waals surface area (Å²) in [4.78, 5) is 11.6. The van der Waals surface area contributed by atoms with E-state index in [9.17, 15) is 0 Å². The summed E-state index contributed by atoms with van der Waals surface area (Å²) < 4.78 is 2.07. The summed E-state index contributed by atoms with van der Waals surface area (Å²) in [5.74, 6) is 2.89. The van der Waals surface area contributed by atoms with E-state index in [1.807, 2.05) is 6.20 Å². The Morgan fingerprint density at radius 2 is 2.00 bits per heavy atom. The lowest BCUT2D eigenvalue weighted by atomic mass is 10.3. The van der Waals surface area contributed by atoms with Crippen molar-refractivity contribution in [2.45, 2.75) is 46.2 Å². The minimum Gasteiger partial charge on any atom is -0.357 e. The quantitative estimate of drug-likeness (QED) is 0.330. The first kappa shape index (κ1) is 22.4. The zero-order valence-electron chi connectivity index (χ0n) is 16.8. The maximum absolute atomic E-state index is 4.67. The van der Waals surface area contributed by atoms with E-state index in [0.717, 1.165) is 62.3 Å². The molecule has 2 N–H and O–H groups in total. The third-order valence-corrected chi connectivity index (χ3v) is 4.66. The van der Waals surface area contributed by atoms with Crippen LogP contribution in [0.3, 0.4) is 0 Å². The fraction of sp³-hybridized carbons (Fsp3) is 0.579. The molecule has 9 heteroatoms. The van der Waals surface area contributed by atoms with Crippen LogP contribution in [0.1, 0.15) is 38.1 Å². The van der Waals surface area contributed by atoms with Crippen molar-refractivity contribution < 1.29 is 0 Å². The predicted molar refractivity (Wildman–Crippen MR) is 123 cm³/mol. The lowest BCUT2D eigenvalue weighted by Crippen LogP contribution is -2.38. The van der Waals surface area contributed by atoms with Gasteiger partial charge in [-0.05, 0) is 31.4 Å². The molecule has 0 aliphatic carbocycles. The molecule has 1 saturated heterocycles. The lowest BCUT2D eigenvalue weighted by Gasteiger charge is -2.16. The monoisotopic (exact) mass is 498 g/mol. The molecule has 0 aromatic carbocycles. The van der Waals surface area contributed by atoms with E-state index in [4.69, 9.17) is 0 Å². The highest BCUT2D eigenvalue weighted by Gasteiger charge is 2.12. The number of nitrogens with one attached hydrogen (secondary N) is 2. The normalized spacial score (nSPS) is 14.1. The number of aliphatic imine (C=N–C) groups is 1. The molecule has 1 aliphatic rings. The van der Waals surface area contributed by atoms with Gasteiger partial charge in [0, 0.05) is 45.3 Å². The molecule has 154 valence electrons. The molecule has 0 saturated carbocycles. The number of aromatic nitrogens is 4. The maximum Gasteiger partial charge on any atom is 0.191 e. The van der Waals surface area contributed by atoms with Crippen molar-refractivity contribution >= 4 is 35.8 Å². The third kappa shape index (κ3) is 6.32. The van der Waals surface area contributed by atoms with Gasteiger partial charge in [-0.3, -0.25) is 0 Å². The first-order chi connectivity index (χ1) is 13.3. The van der Waals surface area contributed by atoms with Gasteiger partial charge in [0.05, 0.1) is 6.54 Å². The van der Waals surface area contributed by atoms with Gasteiger partial charge in [0.1, 0.15) is 18.0 Å². The van der Waals surface area contributed by atoms with Crippen molar-refractivity contribution in [1.82, 2.24) is 30.4 Å².